The molecular formula is C9H12N. The van der Waals surface area contributed by atoms with Crippen LogP contribution in [0.1, 0.15) is 19.3 Å². The third-order valence-corrected chi connectivity index (χ3v) is 2.16. The van der Waals surface area contributed by atoms with Gasteiger partial charge in [-0.05, 0) is 19.3 Å². The van der Waals surface area contributed by atoms with Crippen molar-refractivity contribution in [2.75, 3.05) is 6.54 Å². The Labute approximate surface area is 61.8 Å². The summed E-state index contributed by atoms with van der Waals surface area (Å²) in [5.41, 5.74) is 1.55. The van der Waals surface area contributed by atoms with Crippen LogP contribution in [0.4, 0.5) is 0 Å². The summed E-state index contributed by atoms with van der Waals surface area (Å²) in [5.74, 6) is 0. The molecule has 53 valence electrons. The van der Waals surface area contributed by atoms with Crippen LogP contribution in [0.3, 0.4) is 0 Å². The summed E-state index contributed by atoms with van der Waals surface area (Å²) in [7, 11) is 0. The lowest BCUT2D eigenvalue weighted by atomic mass is 9.93. The Morgan fingerprint density at radius 3 is 3.40 bits per heavy atom. The standard InChI is InChI=1S/C9H12N/c1-2-6-9-8(4-1)5-3-7-10-9/h2,4,6,9H,1,3,5,7H2. The molecule has 1 radical (unpaired) electrons. The lowest BCUT2D eigenvalue weighted by molar-refractivity contribution is 0.530. The van der Waals surface area contributed by atoms with Gasteiger partial charge in [-0.15, -0.1) is 0 Å². The van der Waals surface area contributed by atoms with Crippen LogP contribution >= 0.6 is 0 Å². The normalized spacial score (nSPS) is 31.2. The van der Waals surface area contributed by atoms with Gasteiger partial charge in [0.05, 0.1) is 6.04 Å². The van der Waals surface area contributed by atoms with Crippen LogP contribution in [-0.2, 0) is 0 Å². The van der Waals surface area contributed by atoms with Gasteiger partial charge in [0.1, 0.15) is 0 Å². The summed E-state index contributed by atoms with van der Waals surface area (Å²) < 4.78 is 0. The second-order valence-electron chi connectivity index (χ2n) is 2.90. The first-order valence-electron chi connectivity index (χ1n) is 3.99. The predicted octanol–water partition coefficient (Wildman–Crippen LogP) is 1.64. The molecule has 0 aromatic rings. The molecule has 0 N–H and O–H groups in total. The van der Waals surface area contributed by atoms with E-state index in [0.717, 1.165) is 13.0 Å². The number of hydrogen-bond donors (Lipinski definition) is 0. The van der Waals surface area contributed by atoms with Gasteiger partial charge in [-0.1, -0.05) is 23.8 Å². The third kappa shape index (κ3) is 1.01. The van der Waals surface area contributed by atoms with Crippen molar-refractivity contribution in [3.63, 3.8) is 0 Å². The Morgan fingerprint density at radius 2 is 2.50 bits per heavy atom. The van der Waals surface area contributed by atoms with E-state index in [1.165, 1.54) is 12.8 Å². The lowest BCUT2D eigenvalue weighted by Gasteiger charge is -2.24. The van der Waals surface area contributed by atoms with Gasteiger partial charge in [0, 0.05) is 6.54 Å². The molecule has 1 nitrogen and oxygen atoms in total. The highest BCUT2D eigenvalue weighted by molar-refractivity contribution is 5.25. The number of piperidine rings is 1. The molecule has 0 spiro atoms. The Morgan fingerprint density at radius 1 is 1.50 bits per heavy atom. The van der Waals surface area contributed by atoms with Crippen molar-refractivity contribution in [3.8, 4) is 0 Å². The van der Waals surface area contributed by atoms with Crippen LogP contribution in [-0.4, -0.2) is 12.6 Å². The fourth-order valence-corrected chi connectivity index (χ4v) is 1.61. The first-order valence-corrected chi connectivity index (χ1v) is 3.99. The average Bonchev–Trinajstić information content (AvgIpc) is 2.05. The van der Waals surface area contributed by atoms with Crippen LogP contribution < -0.4 is 5.32 Å². The van der Waals surface area contributed by atoms with Gasteiger partial charge in [-0.25, -0.2) is 5.32 Å². The van der Waals surface area contributed by atoms with E-state index in [2.05, 4.69) is 23.5 Å². The van der Waals surface area contributed by atoms with E-state index in [9.17, 15) is 0 Å². The molecule has 1 aliphatic carbocycles. The largest absolute Gasteiger partial charge is 0.230 e. The molecule has 1 atom stereocenters. The van der Waals surface area contributed by atoms with Gasteiger partial charge < -0.3 is 0 Å². The lowest BCUT2D eigenvalue weighted by Crippen LogP contribution is -2.29. The molecule has 0 aromatic heterocycles. The molecule has 2 aliphatic rings. The fraction of sp³-hybridized carbons (Fsp3) is 0.556. The first kappa shape index (κ1) is 6.17. The molecule has 1 aliphatic heterocycles. The zero-order valence-corrected chi connectivity index (χ0v) is 6.09. The number of hydrogen-bond acceptors (Lipinski definition) is 0. The molecule has 10 heavy (non-hydrogen) atoms. The number of allylic oxidation sites excluding steroid dienone is 2. The van der Waals surface area contributed by atoms with Crippen molar-refractivity contribution in [1.29, 1.82) is 0 Å². The summed E-state index contributed by atoms with van der Waals surface area (Å²) in [6.45, 7) is 1.06. The summed E-state index contributed by atoms with van der Waals surface area (Å²) in [6, 6.07) is 0.461. The van der Waals surface area contributed by atoms with Gasteiger partial charge in [0.2, 0.25) is 0 Å². The SMILES string of the molecule is C1=CC2[N]CCCC2=CC1. The summed E-state index contributed by atoms with van der Waals surface area (Å²) >= 11 is 0. The van der Waals surface area contributed by atoms with Crippen molar-refractivity contribution in [1.82, 2.24) is 5.32 Å². The van der Waals surface area contributed by atoms with E-state index >= 15 is 0 Å². The molecule has 1 fully saturated rings. The monoisotopic (exact) mass is 134 g/mol. The number of rotatable bonds is 0. The van der Waals surface area contributed by atoms with E-state index in [0.29, 0.717) is 6.04 Å². The maximum absolute atomic E-state index is 4.50. The zero-order valence-electron chi connectivity index (χ0n) is 6.09. The molecule has 1 saturated heterocycles. The second-order valence-corrected chi connectivity index (χ2v) is 2.90. The quantitative estimate of drug-likeness (QED) is 0.447. The fourth-order valence-electron chi connectivity index (χ4n) is 1.61. The van der Waals surface area contributed by atoms with Crippen molar-refractivity contribution in [2.24, 2.45) is 0 Å². The smallest absolute Gasteiger partial charge is 0.0636 e. The van der Waals surface area contributed by atoms with Crippen LogP contribution in [0.25, 0.3) is 0 Å². The zero-order chi connectivity index (χ0) is 6.81. The molecular weight excluding hydrogens is 122 g/mol. The third-order valence-electron chi connectivity index (χ3n) is 2.16. The average molecular weight is 134 g/mol. The van der Waals surface area contributed by atoms with E-state index in [1.54, 1.807) is 5.57 Å². The first-order chi connectivity index (χ1) is 4.97. The van der Waals surface area contributed by atoms with Crippen LogP contribution in [0.2, 0.25) is 0 Å². The number of nitrogens with zero attached hydrogens (tertiary/aromatic N) is 1. The summed E-state index contributed by atoms with van der Waals surface area (Å²) in [6.07, 6.45) is 10.4. The summed E-state index contributed by atoms with van der Waals surface area (Å²) in [4.78, 5) is 0. The van der Waals surface area contributed by atoms with E-state index in [4.69, 9.17) is 0 Å². The highest BCUT2D eigenvalue weighted by Gasteiger charge is 2.17. The van der Waals surface area contributed by atoms with Gasteiger partial charge >= 0.3 is 0 Å². The number of fused-ring (bicyclic) bond motifs is 1. The van der Waals surface area contributed by atoms with Gasteiger partial charge in [-0.3, -0.25) is 0 Å². The molecule has 1 unspecified atom stereocenters. The molecule has 0 saturated carbocycles. The van der Waals surface area contributed by atoms with Crippen molar-refractivity contribution in [2.45, 2.75) is 25.3 Å². The van der Waals surface area contributed by atoms with Gasteiger partial charge in [0.25, 0.3) is 0 Å². The maximum atomic E-state index is 4.50. The maximum Gasteiger partial charge on any atom is 0.0636 e. The van der Waals surface area contributed by atoms with E-state index in [-0.39, 0.29) is 0 Å². The topological polar surface area (TPSA) is 14.1 Å². The van der Waals surface area contributed by atoms with Crippen molar-refractivity contribution < 1.29 is 0 Å². The summed E-state index contributed by atoms with van der Waals surface area (Å²) in [5, 5.41) is 4.50. The van der Waals surface area contributed by atoms with E-state index < -0.39 is 0 Å². The van der Waals surface area contributed by atoms with Crippen molar-refractivity contribution >= 4 is 0 Å². The Kier molecular flexibility index (Phi) is 1.60. The van der Waals surface area contributed by atoms with Crippen molar-refractivity contribution in [3.05, 3.63) is 23.8 Å². The second kappa shape index (κ2) is 2.59. The van der Waals surface area contributed by atoms with Gasteiger partial charge in [-0.2, -0.15) is 0 Å². The van der Waals surface area contributed by atoms with Crippen LogP contribution in [0.15, 0.2) is 23.8 Å². The molecule has 1 heteroatoms. The highest BCUT2D eigenvalue weighted by Crippen LogP contribution is 2.21. The van der Waals surface area contributed by atoms with Crippen LogP contribution in [0, 0.1) is 0 Å². The van der Waals surface area contributed by atoms with Gasteiger partial charge in [0.15, 0.2) is 0 Å². The Hall–Kier alpha value is -0.560. The van der Waals surface area contributed by atoms with Crippen LogP contribution in [0.5, 0.6) is 0 Å². The molecule has 1 heterocycles. The molecule has 0 aromatic carbocycles. The minimum atomic E-state index is 0.461. The molecule has 2 rings (SSSR count). The Balaban J connectivity index is 2.13. The minimum absolute atomic E-state index is 0.461. The highest BCUT2D eigenvalue weighted by atomic mass is 14.9. The Bertz CT molecular complexity index is 179. The minimum Gasteiger partial charge on any atom is -0.230 e. The predicted molar refractivity (Wildman–Crippen MR) is 41.9 cm³/mol. The molecule has 0 bridgehead atoms. The molecule has 0 amide bonds. The van der Waals surface area contributed by atoms with E-state index in [1.807, 2.05) is 0 Å².